The maximum atomic E-state index is 8.92. The molecule has 0 aromatic heterocycles. The summed E-state index contributed by atoms with van der Waals surface area (Å²) in [5.74, 6) is 0. The van der Waals surface area contributed by atoms with Crippen LogP contribution in [0.5, 0.6) is 0 Å². The van der Waals surface area contributed by atoms with E-state index in [0.29, 0.717) is 6.61 Å². The fourth-order valence-corrected chi connectivity index (χ4v) is 1.61. The molecule has 3 N–H and O–H groups in total. The van der Waals surface area contributed by atoms with Crippen molar-refractivity contribution in [2.24, 2.45) is 5.73 Å². The number of halogens is 1. The van der Waals surface area contributed by atoms with Gasteiger partial charge in [-0.25, -0.2) is 0 Å². The largest absolute Gasteiger partial charge is 0.394 e. The monoisotopic (exact) mass is 224 g/mol. The fraction of sp³-hybridized carbons (Fsp3) is 1.00. The van der Waals surface area contributed by atoms with E-state index in [9.17, 15) is 0 Å². The third-order valence-electron chi connectivity index (χ3n) is 2.06. The van der Waals surface area contributed by atoms with Crippen LogP contribution in [0, 0.1) is 0 Å². The predicted molar refractivity (Wildman–Crippen MR) is 58.8 cm³/mol. The molecule has 4 nitrogen and oxygen atoms in total. The lowest BCUT2D eigenvalue weighted by molar-refractivity contribution is -0.0562. The zero-order valence-electron chi connectivity index (χ0n) is 8.90. The lowest BCUT2D eigenvalue weighted by atomic mass is 10.1. The van der Waals surface area contributed by atoms with E-state index in [1.165, 1.54) is 0 Å². The van der Waals surface area contributed by atoms with E-state index in [0.717, 1.165) is 19.6 Å². The zero-order valence-corrected chi connectivity index (χ0v) is 9.72. The molecule has 0 spiro atoms. The lowest BCUT2D eigenvalue weighted by Gasteiger charge is -2.35. The highest BCUT2D eigenvalue weighted by atomic mass is 35.5. The highest BCUT2D eigenvalue weighted by molar-refractivity contribution is 5.85. The summed E-state index contributed by atoms with van der Waals surface area (Å²) in [5, 5.41) is 8.92. The van der Waals surface area contributed by atoms with Gasteiger partial charge >= 0.3 is 0 Å². The fourth-order valence-electron chi connectivity index (χ4n) is 1.61. The Morgan fingerprint density at radius 3 is 2.71 bits per heavy atom. The van der Waals surface area contributed by atoms with E-state index in [-0.39, 0.29) is 30.7 Å². The van der Waals surface area contributed by atoms with E-state index in [4.69, 9.17) is 15.6 Å². The van der Waals surface area contributed by atoms with Gasteiger partial charge in [-0.3, -0.25) is 4.90 Å². The van der Waals surface area contributed by atoms with Crippen molar-refractivity contribution in [2.45, 2.75) is 25.5 Å². The first-order chi connectivity index (χ1) is 6.01. The van der Waals surface area contributed by atoms with E-state index in [2.05, 4.69) is 4.90 Å². The van der Waals surface area contributed by atoms with Crippen molar-refractivity contribution in [1.82, 2.24) is 4.90 Å². The summed E-state index contributed by atoms with van der Waals surface area (Å²) in [6.07, 6.45) is -0.0314. The Morgan fingerprint density at radius 2 is 2.21 bits per heavy atom. The number of aliphatic hydroxyl groups excluding tert-OH is 1. The number of nitrogens with two attached hydrogens (primary N) is 1. The molecular formula is C9H21ClN2O2. The summed E-state index contributed by atoms with van der Waals surface area (Å²) in [7, 11) is 0. The summed E-state index contributed by atoms with van der Waals surface area (Å²) in [6.45, 7) is 7.37. The number of aliphatic hydroxyl groups is 1. The molecular weight excluding hydrogens is 204 g/mol. The molecule has 0 bridgehead atoms. The van der Waals surface area contributed by atoms with Gasteiger partial charge in [-0.1, -0.05) is 0 Å². The second-order valence-corrected chi connectivity index (χ2v) is 4.40. The Bertz CT molecular complexity index is 161. The molecule has 1 rings (SSSR count). The molecule has 1 aliphatic heterocycles. The summed E-state index contributed by atoms with van der Waals surface area (Å²) < 4.78 is 5.34. The van der Waals surface area contributed by atoms with E-state index < -0.39 is 0 Å². The smallest absolute Gasteiger partial charge is 0.0932 e. The average molecular weight is 225 g/mol. The molecule has 1 heterocycles. The second-order valence-electron chi connectivity index (χ2n) is 4.40. The summed E-state index contributed by atoms with van der Waals surface area (Å²) in [5.41, 5.74) is 5.74. The van der Waals surface area contributed by atoms with Crippen LogP contribution < -0.4 is 5.73 Å². The van der Waals surface area contributed by atoms with Crippen LogP contribution >= 0.6 is 12.4 Å². The Labute approximate surface area is 91.8 Å². The first-order valence-electron chi connectivity index (χ1n) is 4.75. The van der Waals surface area contributed by atoms with E-state index in [1.54, 1.807) is 0 Å². The summed E-state index contributed by atoms with van der Waals surface area (Å²) in [4.78, 5) is 2.24. The van der Waals surface area contributed by atoms with Crippen molar-refractivity contribution in [2.75, 3.05) is 32.8 Å². The van der Waals surface area contributed by atoms with Crippen LogP contribution in [-0.4, -0.2) is 54.5 Å². The Balaban J connectivity index is 0.00000169. The molecule has 14 heavy (non-hydrogen) atoms. The van der Waals surface area contributed by atoms with Gasteiger partial charge in [0.1, 0.15) is 0 Å². The van der Waals surface area contributed by atoms with Crippen LogP contribution in [-0.2, 0) is 4.74 Å². The molecule has 1 atom stereocenters. The highest BCUT2D eigenvalue weighted by Gasteiger charge is 2.23. The third-order valence-corrected chi connectivity index (χ3v) is 2.06. The topological polar surface area (TPSA) is 58.7 Å². The van der Waals surface area contributed by atoms with Crippen molar-refractivity contribution in [1.29, 1.82) is 0 Å². The number of nitrogens with zero attached hydrogens (tertiary/aromatic N) is 1. The first kappa shape index (κ1) is 14.1. The van der Waals surface area contributed by atoms with Gasteiger partial charge in [0.15, 0.2) is 0 Å². The van der Waals surface area contributed by atoms with Crippen molar-refractivity contribution in [3.63, 3.8) is 0 Å². The van der Waals surface area contributed by atoms with Gasteiger partial charge in [-0.15, -0.1) is 12.4 Å². The van der Waals surface area contributed by atoms with Crippen LogP contribution in [0.4, 0.5) is 0 Å². The minimum Gasteiger partial charge on any atom is -0.394 e. The average Bonchev–Trinajstić information content (AvgIpc) is 2.01. The quantitative estimate of drug-likeness (QED) is 0.700. The maximum Gasteiger partial charge on any atom is 0.0932 e. The third kappa shape index (κ3) is 5.12. The van der Waals surface area contributed by atoms with Gasteiger partial charge in [-0.05, 0) is 13.8 Å². The summed E-state index contributed by atoms with van der Waals surface area (Å²) in [6, 6.07) is 0. The zero-order chi connectivity index (χ0) is 9.90. The highest BCUT2D eigenvalue weighted by Crippen LogP contribution is 2.08. The van der Waals surface area contributed by atoms with Crippen molar-refractivity contribution in [3.05, 3.63) is 0 Å². The maximum absolute atomic E-state index is 8.92. The van der Waals surface area contributed by atoms with Crippen molar-refractivity contribution >= 4 is 12.4 Å². The molecule has 1 fully saturated rings. The Morgan fingerprint density at radius 1 is 1.57 bits per heavy atom. The van der Waals surface area contributed by atoms with Gasteiger partial charge in [0.05, 0.1) is 19.3 Å². The molecule has 0 aromatic carbocycles. The number of morpholine rings is 1. The van der Waals surface area contributed by atoms with Gasteiger partial charge in [-0.2, -0.15) is 0 Å². The van der Waals surface area contributed by atoms with Gasteiger partial charge in [0.25, 0.3) is 0 Å². The van der Waals surface area contributed by atoms with E-state index in [1.807, 2.05) is 13.8 Å². The lowest BCUT2D eigenvalue weighted by Crippen LogP contribution is -2.52. The molecule has 0 amide bonds. The molecule has 1 saturated heterocycles. The number of hydrogen-bond donors (Lipinski definition) is 2. The Hall–Kier alpha value is 0.130. The SMILES string of the molecule is CC(C)(N)CN1CCOC(CO)C1.Cl. The predicted octanol–water partition coefficient (Wildman–Crippen LogP) is -0.161. The first-order valence-corrected chi connectivity index (χ1v) is 4.75. The van der Waals surface area contributed by atoms with Gasteiger partial charge < -0.3 is 15.6 Å². The molecule has 86 valence electrons. The standard InChI is InChI=1S/C9H20N2O2.ClH/c1-9(2,10)7-11-3-4-13-8(5-11)6-12;/h8,12H,3-7,10H2,1-2H3;1H. The summed E-state index contributed by atoms with van der Waals surface area (Å²) >= 11 is 0. The second kappa shape index (κ2) is 5.88. The van der Waals surface area contributed by atoms with Gasteiger partial charge in [0.2, 0.25) is 0 Å². The van der Waals surface area contributed by atoms with Crippen LogP contribution in [0.2, 0.25) is 0 Å². The normalized spacial score (nSPS) is 24.4. The van der Waals surface area contributed by atoms with E-state index >= 15 is 0 Å². The molecule has 1 aliphatic rings. The molecule has 0 radical (unpaired) electrons. The minimum atomic E-state index is -0.169. The number of ether oxygens (including phenoxy) is 1. The van der Waals surface area contributed by atoms with Crippen LogP contribution in [0.1, 0.15) is 13.8 Å². The molecule has 0 aromatic rings. The van der Waals surface area contributed by atoms with Gasteiger partial charge in [0, 0.05) is 25.2 Å². The Kier molecular flexibility index (Phi) is 5.93. The van der Waals surface area contributed by atoms with Crippen LogP contribution in [0.3, 0.4) is 0 Å². The number of hydrogen-bond acceptors (Lipinski definition) is 4. The number of rotatable bonds is 3. The van der Waals surface area contributed by atoms with Crippen LogP contribution in [0.15, 0.2) is 0 Å². The van der Waals surface area contributed by atoms with Crippen molar-refractivity contribution in [3.8, 4) is 0 Å². The molecule has 0 saturated carbocycles. The van der Waals surface area contributed by atoms with Crippen LogP contribution in [0.25, 0.3) is 0 Å². The molecule has 0 aliphatic carbocycles. The van der Waals surface area contributed by atoms with Crippen molar-refractivity contribution < 1.29 is 9.84 Å². The minimum absolute atomic E-state index is 0. The molecule has 1 unspecified atom stereocenters. The molecule has 5 heteroatoms.